The van der Waals surface area contributed by atoms with Crippen LogP contribution in [0.2, 0.25) is 0 Å². The maximum absolute atomic E-state index is 13.5. The van der Waals surface area contributed by atoms with Gasteiger partial charge in [0.2, 0.25) is 5.95 Å². The number of rotatable bonds is 8. The molecule has 2 aromatic heterocycles. The average Bonchev–Trinajstić information content (AvgIpc) is 3.34. The second kappa shape index (κ2) is 10.4. The average molecular weight is 448 g/mol. The molecule has 3 aromatic rings. The van der Waals surface area contributed by atoms with Crippen molar-refractivity contribution in [3.05, 3.63) is 66.2 Å². The smallest absolute Gasteiger partial charge is 0.254 e. The third-order valence-electron chi connectivity index (χ3n) is 5.68. The van der Waals surface area contributed by atoms with Crippen LogP contribution in [0.5, 0.6) is 5.75 Å². The van der Waals surface area contributed by atoms with Crippen LogP contribution in [0.1, 0.15) is 34.9 Å². The molecule has 4 rings (SSSR count). The minimum Gasteiger partial charge on any atom is -0.491 e. The van der Waals surface area contributed by atoms with E-state index in [0.717, 1.165) is 29.7 Å². The Kier molecular flexibility index (Phi) is 7.14. The van der Waals surface area contributed by atoms with Gasteiger partial charge >= 0.3 is 0 Å². The number of methoxy groups -OCH3 is 1. The van der Waals surface area contributed by atoms with Crippen LogP contribution in [0.4, 0.5) is 5.95 Å². The molecule has 1 atom stereocenters. The minimum absolute atomic E-state index is 0.00775. The lowest BCUT2D eigenvalue weighted by Gasteiger charge is -2.27. The molecule has 3 heterocycles. The van der Waals surface area contributed by atoms with E-state index < -0.39 is 0 Å². The van der Waals surface area contributed by atoms with Gasteiger partial charge in [-0.3, -0.25) is 9.78 Å². The number of likely N-dealkylation sites (tertiary alicyclic amines) is 1. The first-order chi connectivity index (χ1) is 16.1. The highest BCUT2D eigenvalue weighted by Crippen LogP contribution is 2.37. The van der Waals surface area contributed by atoms with Gasteiger partial charge in [-0.25, -0.2) is 9.97 Å². The zero-order valence-electron chi connectivity index (χ0n) is 19.3. The van der Waals surface area contributed by atoms with Crippen molar-refractivity contribution < 1.29 is 14.3 Å². The van der Waals surface area contributed by atoms with Gasteiger partial charge in [0.25, 0.3) is 5.91 Å². The van der Waals surface area contributed by atoms with Crippen molar-refractivity contribution in [1.82, 2.24) is 19.9 Å². The lowest BCUT2D eigenvalue weighted by Crippen LogP contribution is -2.31. The summed E-state index contributed by atoms with van der Waals surface area (Å²) in [5, 5.41) is 0. The van der Waals surface area contributed by atoms with Crippen LogP contribution in [0.3, 0.4) is 0 Å². The maximum atomic E-state index is 13.5. The van der Waals surface area contributed by atoms with Crippen molar-refractivity contribution in [3.63, 3.8) is 0 Å². The molecule has 0 spiro atoms. The molecule has 1 aliphatic rings. The quantitative estimate of drug-likeness (QED) is 0.488. The molecule has 1 fully saturated rings. The Labute approximate surface area is 194 Å². The van der Waals surface area contributed by atoms with Crippen LogP contribution in [0.25, 0.3) is 11.1 Å². The summed E-state index contributed by atoms with van der Waals surface area (Å²) in [7, 11) is 5.47. The fourth-order valence-electron chi connectivity index (χ4n) is 4.01. The van der Waals surface area contributed by atoms with Crippen LogP contribution in [-0.4, -0.2) is 66.7 Å². The fourth-order valence-corrected chi connectivity index (χ4v) is 4.01. The van der Waals surface area contributed by atoms with E-state index in [-0.39, 0.29) is 11.9 Å². The molecule has 1 aromatic carbocycles. The van der Waals surface area contributed by atoms with Crippen LogP contribution in [0.15, 0.2) is 55.0 Å². The van der Waals surface area contributed by atoms with Crippen LogP contribution < -0.4 is 9.64 Å². The molecule has 8 nitrogen and oxygen atoms in total. The molecule has 0 bridgehead atoms. The molecule has 0 unspecified atom stereocenters. The molecule has 1 amide bonds. The Morgan fingerprint density at radius 2 is 1.88 bits per heavy atom. The summed E-state index contributed by atoms with van der Waals surface area (Å²) >= 11 is 0. The number of anilines is 1. The zero-order valence-corrected chi connectivity index (χ0v) is 19.3. The molecule has 1 saturated heterocycles. The van der Waals surface area contributed by atoms with Gasteiger partial charge in [0.15, 0.2) is 0 Å². The molecule has 33 heavy (non-hydrogen) atoms. The number of carbonyl (C=O) groups excluding carboxylic acids is 1. The second-order valence-corrected chi connectivity index (χ2v) is 8.12. The lowest BCUT2D eigenvalue weighted by atomic mass is 10.0. The van der Waals surface area contributed by atoms with Gasteiger partial charge in [-0.1, -0.05) is 0 Å². The second-order valence-electron chi connectivity index (χ2n) is 8.12. The Morgan fingerprint density at radius 3 is 2.58 bits per heavy atom. The van der Waals surface area contributed by atoms with E-state index >= 15 is 0 Å². The summed E-state index contributed by atoms with van der Waals surface area (Å²) in [5.41, 5.74) is 3.41. The van der Waals surface area contributed by atoms with E-state index in [1.807, 2.05) is 66.5 Å². The van der Waals surface area contributed by atoms with Crippen LogP contribution >= 0.6 is 0 Å². The number of ether oxygens (including phenoxy) is 2. The van der Waals surface area contributed by atoms with Crippen molar-refractivity contribution in [2.45, 2.75) is 18.9 Å². The lowest BCUT2D eigenvalue weighted by molar-refractivity contribution is 0.0733. The van der Waals surface area contributed by atoms with E-state index in [1.54, 1.807) is 19.5 Å². The number of hydrogen-bond acceptors (Lipinski definition) is 7. The summed E-state index contributed by atoms with van der Waals surface area (Å²) < 4.78 is 10.6. The number of amides is 1. The molecule has 0 saturated carbocycles. The standard InChI is InChI=1S/C25H29N5O3/c1-29(2)25-27-17-21(18-10-12-26-13-11-18)23(28-25)22-5-4-14-30(22)24(31)19-6-8-20(9-7-19)33-16-15-32-3/h6-13,17,22H,4-5,14-16H2,1-3H3/t22-/m1/s1. The summed E-state index contributed by atoms with van der Waals surface area (Å²) in [6.07, 6.45) is 7.14. The van der Waals surface area contributed by atoms with Crippen molar-refractivity contribution in [2.75, 3.05) is 45.9 Å². The normalized spacial score (nSPS) is 15.5. The maximum Gasteiger partial charge on any atom is 0.254 e. The highest BCUT2D eigenvalue weighted by molar-refractivity contribution is 5.95. The molecular formula is C25H29N5O3. The summed E-state index contributed by atoms with van der Waals surface area (Å²) in [4.78, 5) is 30.8. The van der Waals surface area contributed by atoms with Gasteiger partial charge in [-0.2, -0.15) is 0 Å². The number of carbonyl (C=O) groups is 1. The number of hydrogen-bond donors (Lipinski definition) is 0. The number of pyridine rings is 1. The first kappa shape index (κ1) is 22.7. The topological polar surface area (TPSA) is 80.7 Å². The Morgan fingerprint density at radius 1 is 1.12 bits per heavy atom. The summed E-state index contributed by atoms with van der Waals surface area (Å²) in [5.74, 6) is 1.33. The third kappa shape index (κ3) is 5.12. The number of benzene rings is 1. The highest BCUT2D eigenvalue weighted by atomic mass is 16.5. The first-order valence-corrected chi connectivity index (χ1v) is 11.1. The molecule has 1 aliphatic heterocycles. The van der Waals surface area contributed by atoms with Crippen LogP contribution in [-0.2, 0) is 4.74 Å². The molecular weight excluding hydrogens is 418 g/mol. The van der Waals surface area contributed by atoms with Crippen LogP contribution in [0, 0.1) is 0 Å². The van der Waals surface area contributed by atoms with Crippen molar-refractivity contribution >= 4 is 11.9 Å². The molecule has 8 heteroatoms. The third-order valence-corrected chi connectivity index (χ3v) is 5.68. The van der Waals surface area contributed by atoms with E-state index in [2.05, 4.69) is 9.97 Å². The minimum atomic E-state index is -0.125. The summed E-state index contributed by atoms with van der Waals surface area (Å²) in [6.45, 7) is 1.67. The highest BCUT2D eigenvalue weighted by Gasteiger charge is 2.34. The van der Waals surface area contributed by atoms with Gasteiger partial charge in [0.1, 0.15) is 12.4 Å². The summed E-state index contributed by atoms with van der Waals surface area (Å²) in [6, 6.07) is 11.0. The predicted molar refractivity (Wildman–Crippen MR) is 126 cm³/mol. The SMILES string of the molecule is COCCOc1ccc(C(=O)N2CCC[C@@H]2c2nc(N(C)C)ncc2-c2ccncc2)cc1. The molecule has 172 valence electrons. The predicted octanol–water partition coefficient (Wildman–Crippen LogP) is 3.61. The van der Waals surface area contributed by atoms with Crippen molar-refractivity contribution in [2.24, 2.45) is 0 Å². The van der Waals surface area contributed by atoms with E-state index in [4.69, 9.17) is 14.5 Å². The van der Waals surface area contributed by atoms with Gasteiger partial charge in [0, 0.05) is 57.5 Å². The fraction of sp³-hybridized carbons (Fsp3) is 0.360. The molecule has 0 radical (unpaired) electrons. The van der Waals surface area contributed by atoms with E-state index in [1.165, 1.54) is 0 Å². The number of aromatic nitrogens is 3. The van der Waals surface area contributed by atoms with Gasteiger partial charge < -0.3 is 19.3 Å². The monoisotopic (exact) mass is 447 g/mol. The Balaban J connectivity index is 1.62. The van der Waals surface area contributed by atoms with Gasteiger partial charge in [-0.05, 0) is 54.8 Å². The molecule has 0 aliphatic carbocycles. The van der Waals surface area contributed by atoms with Gasteiger partial charge in [0.05, 0.1) is 18.3 Å². The Hall–Kier alpha value is -3.52. The van der Waals surface area contributed by atoms with Crippen molar-refractivity contribution in [1.29, 1.82) is 0 Å². The molecule has 0 N–H and O–H groups in total. The van der Waals surface area contributed by atoms with Gasteiger partial charge in [-0.15, -0.1) is 0 Å². The Bertz CT molecular complexity index is 1070. The number of nitrogens with zero attached hydrogens (tertiary/aromatic N) is 5. The van der Waals surface area contributed by atoms with Crippen molar-refractivity contribution in [3.8, 4) is 16.9 Å². The zero-order chi connectivity index (χ0) is 23.2. The first-order valence-electron chi connectivity index (χ1n) is 11.1. The van der Waals surface area contributed by atoms with E-state index in [9.17, 15) is 4.79 Å². The largest absolute Gasteiger partial charge is 0.491 e. The van der Waals surface area contributed by atoms with E-state index in [0.29, 0.717) is 37.0 Å².